The molecular formula is C11H11F6NO. The standard InChI is InChI=1S/C11H11F6NO/c1-18-9(4-19-5-11(15,16)17)10-7(13)2-6(12)3-8(10)14/h2-3,9,18H,4-5H2,1H3. The summed E-state index contributed by atoms with van der Waals surface area (Å²) in [6.45, 7) is -2.13. The van der Waals surface area contributed by atoms with Crippen molar-refractivity contribution in [1.82, 2.24) is 5.32 Å². The molecule has 0 radical (unpaired) electrons. The lowest BCUT2D eigenvalue weighted by Crippen LogP contribution is -2.27. The fourth-order valence-electron chi connectivity index (χ4n) is 1.49. The van der Waals surface area contributed by atoms with Crippen molar-refractivity contribution < 1.29 is 31.1 Å². The highest BCUT2D eigenvalue weighted by molar-refractivity contribution is 5.24. The zero-order valence-electron chi connectivity index (χ0n) is 9.82. The van der Waals surface area contributed by atoms with E-state index in [-0.39, 0.29) is 0 Å². The lowest BCUT2D eigenvalue weighted by Gasteiger charge is -2.18. The largest absolute Gasteiger partial charge is 0.411 e. The molecular weight excluding hydrogens is 276 g/mol. The summed E-state index contributed by atoms with van der Waals surface area (Å²) < 4.78 is 79.5. The molecule has 0 spiro atoms. The van der Waals surface area contributed by atoms with Gasteiger partial charge in [-0.15, -0.1) is 0 Å². The SMILES string of the molecule is CNC(COCC(F)(F)F)c1c(F)cc(F)cc1F. The van der Waals surface area contributed by atoms with Crippen LogP contribution in [-0.2, 0) is 4.74 Å². The first-order valence-electron chi connectivity index (χ1n) is 5.21. The Morgan fingerprint density at radius 3 is 2.11 bits per heavy atom. The molecule has 1 aromatic carbocycles. The van der Waals surface area contributed by atoms with E-state index in [9.17, 15) is 26.3 Å². The molecule has 1 unspecified atom stereocenters. The van der Waals surface area contributed by atoms with Crippen LogP contribution < -0.4 is 5.32 Å². The summed E-state index contributed by atoms with van der Waals surface area (Å²) in [7, 11) is 1.30. The van der Waals surface area contributed by atoms with Crippen molar-refractivity contribution in [3.63, 3.8) is 0 Å². The molecule has 0 heterocycles. The predicted molar refractivity (Wildman–Crippen MR) is 55.0 cm³/mol. The Balaban J connectivity index is 2.80. The molecule has 1 atom stereocenters. The van der Waals surface area contributed by atoms with Gasteiger partial charge in [0.2, 0.25) is 0 Å². The zero-order chi connectivity index (χ0) is 14.6. The van der Waals surface area contributed by atoms with Crippen molar-refractivity contribution in [3.05, 3.63) is 35.1 Å². The molecule has 0 aliphatic carbocycles. The van der Waals surface area contributed by atoms with E-state index in [2.05, 4.69) is 10.1 Å². The third-order valence-electron chi connectivity index (χ3n) is 2.29. The number of hydrogen-bond acceptors (Lipinski definition) is 2. The molecule has 108 valence electrons. The van der Waals surface area contributed by atoms with Crippen LogP contribution in [0.4, 0.5) is 26.3 Å². The Hall–Kier alpha value is -1.28. The maximum atomic E-state index is 13.4. The predicted octanol–water partition coefficient (Wildman–Crippen LogP) is 2.94. The van der Waals surface area contributed by atoms with Crippen LogP contribution >= 0.6 is 0 Å². The maximum Gasteiger partial charge on any atom is 0.411 e. The van der Waals surface area contributed by atoms with Crippen LogP contribution in [0.2, 0.25) is 0 Å². The quantitative estimate of drug-likeness (QED) is 0.841. The molecule has 0 aliphatic heterocycles. The van der Waals surface area contributed by atoms with Gasteiger partial charge in [0.05, 0.1) is 12.6 Å². The van der Waals surface area contributed by atoms with Crippen LogP contribution in [0.5, 0.6) is 0 Å². The van der Waals surface area contributed by atoms with Crippen molar-refractivity contribution in [2.45, 2.75) is 12.2 Å². The molecule has 2 nitrogen and oxygen atoms in total. The van der Waals surface area contributed by atoms with Gasteiger partial charge in [-0.2, -0.15) is 13.2 Å². The average molecular weight is 287 g/mol. The van der Waals surface area contributed by atoms with Gasteiger partial charge in [0.1, 0.15) is 24.1 Å². The molecule has 1 aromatic rings. The van der Waals surface area contributed by atoms with E-state index in [0.29, 0.717) is 12.1 Å². The molecule has 1 N–H and O–H groups in total. The van der Waals surface area contributed by atoms with E-state index in [1.165, 1.54) is 7.05 Å². The summed E-state index contributed by atoms with van der Waals surface area (Å²) in [5.41, 5.74) is -0.564. The van der Waals surface area contributed by atoms with Crippen LogP contribution in [-0.4, -0.2) is 26.4 Å². The second-order valence-electron chi connectivity index (χ2n) is 3.75. The molecule has 19 heavy (non-hydrogen) atoms. The van der Waals surface area contributed by atoms with Crippen molar-refractivity contribution in [3.8, 4) is 0 Å². The van der Waals surface area contributed by atoms with E-state index < -0.39 is 48.4 Å². The molecule has 0 saturated heterocycles. The molecule has 0 fully saturated rings. The second kappa shape index (κ2) is 6.25. The van der Waals surface area contributed by atoms with E-state index in [0.717, 1.165) is 0 Å². The van der Waals surface area contributed by atoms with Gasteiger partial charge in [0, 0.05) is 17.7 Å². The highest BCUT2D eigenvalue weighted by Crippen LogP contribution is 2.23. The zero-order valence-corrected chi connectivity index (χ0v) is 9.82. The number of halogens is 6. The fraction of sp³-hybridized carbons (Fsp3) is 0.455. The Bertz CT molecular complexity index is 411. The van der Waals surface area contributed by atoms with Gasteiger partial charge in [-0.25, -0.2) is 13.2 Å². The monoisotopic (exact) mass is 287 g/mol. The van der Waals surface area contributed by atoms with E-state index >= 15 is 0 Å². The first-order valence-corrected chi connectivity index (χ1v) is 5.21. The summed E-state index contributed by atoms with van der Waals surface area (Å²) in [4.78, 5) is 0. The van der Waals surface area contributed by atoms with E-state index in [1.54, 1.807) is 0 Å². The third-order valence-corrected chi connectivity index (χ3v) is 2.29. The minimum Gasteiger partial charge on any atom is -0.370 e. The fourth-order valence-corrected chi connectivity index (χ4v) is 1.49. The minimum absolute atomic E-state index is 0.451. The van der Waals surface area contributed by atoms with Gasteiger partial charge in [0.15, 0.2) is 0 Å². The number of alkyl halides is 3. The van der Waals surface area contributed by atoms with Crippen molar-refractivity contribution in [1.29, 1.82) is 0 Å². The minimum atomic E-state index is -4.53. The molecule has 0 saturated carbocycles. The molecule has 0 bridgehead atoms. The first kappa shape index (κ1) is 15.8. The third kappa shape index (κ3) is 4.71. The van der Waals surface area contributed by atoms with Crippen LogP contribution in [0.3, 0.4) is 0 Å². The lowest BCUT2D eigenvalue weighted by molar-refractivity contribution is -0.175. The van der Waals surface area contributed by atoms with E-state index in [4.69, 9.17) is 0 Å². The van der Waals surface area contributed by atoms with Crippen LogP contribution in [0.25, 0.3) is 0 Å². The summed E-state index contributed by atoms with van der Waals surface area (Å²) in [6, 6.07) is -0.248. The number of ether oxygens (including phenoxy) is 1. The normalized spacial score (nSPS) is 13.6. The Morgan fingerprint density at radius 2 is 1.68 bits per heavy atom. The van der Waals surface area contributed by atoms with Gasteiger partial charge in [-0.1, -0.05) is 0 Å². The number of hydrogen-bond donors (Lipinski definition) is 1. The van der Waals surface area contributed by atoms with Gasteiger partial charge in [-0.3, -0.25) is 0 Å². The Kier molecular flexibility index (Phi) is 5.19. The number of nitrogens with one attached hydrogen (secondary N) is 1. The molecule has 8 heteroatoms. The molecule has 0 aliphatic rings. The average Bonchev–Trinajstić information content (AvgIpc) is 2.23. The maximum absolute atomic E-state index is 13.4. The van der Waals surface area contributed by atoms with Crippen molar-refractivity contribution in [2.24, 2.45) is 0 Å². The van der Waals surface area contributed by atoms with Crippen LogP contribution in [0, 0.1) is 17.5 Å². The lowest BCUT2D eigenvalue weighted by atomic mass is 10.1. The van der Waals surface area contributed by atoms with Crippen molar-refractivity contribution in [2.75, 3.05) is 20.3 Å². The van der Waals surface area contributed by atoms with Crippen LogP contribution in [0.1, 0.15) is 11.6 Å². The number of likely N-dealkylation sites (N-methyl/N-ethyl adjacent to an activating group) is 1. The first-order chi connectivity index (χ1) is 8.74. The Morgan fingerprint density at radius 1 is 1.16 bits per heavy atom. The summed E-state index contributed by atoms with van der Waals surface area (Å²) >= 11 is 0. The topological polar surface area (TPSA) is 21.3 Å². The summed E-state index contributed by atoms with van der Waals surface area (Å²) in [5.74, 6) is -3.48. The molecule has 1 rings (SSSR count). The Labute approximate surface area is 105 Å². The summed E-state index contributed by atoms with van der Waals surface area (Å²) in [5, 5.41) is 2.41. The van der Waals surface area contributed by atoms with Gasteiger partial charge >= 0.3 is 6.18 Å². The smallest absolute Gasteiger partial charge is 0.370 e. The highest BCUT2D eigenvalue weighted by atomic mass is 19.4. The summed E-state index contributed by atoms with van der Waals surface area (Å²) in [6.07, 6.45) is -4.53. The second-order valence-corrected chi connectivity index (χ2v) is 3.75. The molecule has 0 amide bonds. The molecule has 0 aromatic heterocycles. The van der Waals surface area contributed by atoms with Gasteiger partial charge < -0.3 is 10.1 Å². The van der Waals surface area contributed by atoms with Gasteiger partial charge in [0.25, 0.3) is 0 Å². The van der Waals surface area contributed by atoms with Crippen molar-refractivity contribution >= 4 is 0 Å². The number of rotatable bonds is 5. The van der Waals surface area contributed by atoms with Crippen LogP contribution in [0.15, 0.2) is 12.1 Å². The highest BCUT2D eigenvalue weighted by Gasteiger charge is 2.29. The number of benzene rings is 1. The van der Waals surface area contributed by atoms with E-state index in [1.807, 2.05) is 0 Å². The van der Waals surface area contributed by atoms with Gasteiger partial charge in [-0.05, 0) is 7.05 Å².